The van der Waals surface area contributed by atoms with Crippen LogP contribution < -0.4 is 0 Å². The van der Waals surface area contributed by atoms with Gasteiger partial charge in [-0.25, -0.2) is 9.18 Å². The number of hydrogen-bond acceptors (Lipinski definition) is 2. The number of aromatic carboxylic acids is 1. The number of benzene rings is 2. The third-order valence-electron chi connectivity index (χ3n) is 4.61. The average Bonchev–Trinajstić information content (AvgIpc) is 3.07. The van der Waals surface area contributed by atoms with Crippen LogP contribution in [0.15, 0.2) is 71.3 Å². The molecule has 7 heteroatoms. The van der Waals surface area contributed by atoms with Crippen molar-refractivity contribution in [2.24, 2.45) is 0 Å². The molecule has 0 aliphatic heterocycles. The molecule has 1 N–H and O–H groups in total. The number of pyridine rings is 1. The van der Waals surface area contributed by atoms with Gasteiger partial charge in [0.2, 0.25) is 5.78 Å². The van der Waals surface area contributed by atoms with Crippen LogP contribution in [0.3, 0.4) is 0 Å². The number of rotatable bonds is 4. The fourth-order valence-electron chi connectivity index (χ4n) is 3.25. The highest BCUT2D eigenvalue weighted by molar-refractivity contribution is 9.10. The predicted octanol–water partition coefficient (Wildman–Crippen LogP) is 6.09. The van der Waals surface area contributed by atoms with Crippen molar-refractivity contribution in [3.8, 4) is 11.1 Å². The highest BCUT2D eigenvalue weighted by Crippen LogP contribution is 2.34. The van der Waals surface area contributed by atoms with Crippen LogP contribution in [0.25, 0.3) is 16.6 Å². The summed E-state index contributed by atoms with van der Waals surface area (Å²) in [6.45, 7) is 0. The fraction of sp³-hybridized carbons (Fsp3) is 0. The maximum absolute atomic E-state index is 14.7. The van der Waals surface area contributed by atoms with Crippen molar-refractivity contribution in [3.05, 3.63) is 99.0 Å². The zero-order valence-electron chi connectivity index (χ0n) is 14.7. The number of nitrogens with zero attached hydrogens (tertiary/aromatic N) is 1. The minimum absolute atomic E-state index is 0.147. The van der Waals surface area contributed by atoms with Gasteiger partial charge in [0, 0.05) is 21.8 Å². The fourth-order valence-corrected chi connectivity index (χ4v) is 4.17. The standard InChI is InChI=1S/C22H12BrClFNO3/c23-15-4-3-5-16(24)20(15)21(27)19-11-14(18-6-1-2-9-26(18)19)13-8-7-12(22(28)29)10-17(13)25/h1-11H,(H,28,29). The van der Waals surface area contributed by atoms with Gasteiger partial charge in [-0.2, -0.15) is 0 Å². The molecule has 2 aromatic heterocycles. The van der Waals surface area contributed by atoms with E-state index in [0.717, 1.165) is 6.07 Å². The number of carbonyl (C=O) groups excluding carboxylic acids is 1. The molecule has 0 amide bonds. The van der Waals surface area contributed by atoms with Crippen LogP contribution in [0, 0.1) is 5.82 Å². The maximum Gasteiger partial charge on any atom is 0.335 e. The minimum Gasteiger partial charge on any atom is -0.478 e. The Kier molecular flexibility index (Phi) is 4.98. The first kappa shape index (κ1) is 19.4. The van der Waals surface area contributed by atoms with E-state index in [4.69, 9.17) is 16.7 Å². The van der Waals surface area contributed by atoms with Gasteiger partial charge >= 0.3 is 5.97 Å². The summed E-state index contributed by atoms with van der Waals surface area (Å²) in [5.74, 6) is -2.21. The Hall–Kier alpha value is -2.96. The molecule has 4 aromatic rings. The van der Waals surface area contributed by atoms with E-state index in [9.17, 15) is 14.0 Å². The average molecular weight is 473 g/mol. The van der Waals surface area contributed by atoms with Gasteiger partial charge in [-0.1, -0.05) is 29.8 Å². The molecule has 0 saturated heterocycles. The second-order valence-corrected chi connectivity index (χ2v) is 7.59. The Morgan fingerprint density at radius 3 is 2.48 bits per heavy atom. The van der Waals surface area contributed by atoms with Gasteiger partial charge in [-0.15, -0.1) is 0 Å². The van der Waals surface area contributed by atoms with Gasteiger partial charge in [-0.3, -0.25) is 4.79 Å². The predicted molar refractivity (Wildman–Crippen MR) is 112 cm³/mol. The van der Waals surface area contributed by atoms with Crippen LogP contribution in [0.4, 0.5) is 4.39 Å². The summed E-state index contributed by atoms with van der Waals surface area (Å²) >= 11 is 9.61. The number of aromatic nitrogens is 1. The molecule has 0 radical (unpaired) electrons. The molecule has 2 aromatic carbocycles. The number of carbonyl (C=O) groups is 2. The van der Waals surface area contributed by atoms with Gasteiger partial charge in [0.15, 0.2) is 0 Å². The first-order valence-electron chi connectivity index (χ1n) is 8.50. The number of halogens is 3. The van der Waals surface area contributed by atoms with Gasteiger partial charge in [0.05, 0.1) is 27.4 Å². The monoisotopic (exact) mass is 471 g/mol. The number of hydrogen-bond donors (Lipinski definition) is 1. The van der Waals surface area contributed by atoms with Crippen molar-refractivity contribution in [1.82, 2.24) is 4.40 Å². The van der Waals surface area contributed by atoms with E-state index in [1.165, 1.54) is 12.1 Å². The molecule has 4 nitrogen and oxygen atoms in total. The summed E-state index contributed by atoms with van der Waals surface area (Å²) < 4.78 is 16.9. The summed E-state index contributed by atoms with van der Waals surface area (Å²) in [4.78, 5) is 24.4. The molecule has 0 saturated carbocycles. The summed E-state index contributed by atoms with van der Waals surface area (Å²) in [5.41, 5.74) is 1.77. The minimum atomic E-state index is -1.21. The molecule has 4 rings (SSSR count). The van der Waals surface area contributed by atoms with E-state index in [1.54, 1.807) is 53.1 Å². The second kappa shape index (κ2) is 7.46. The second-order valence-electron chi connectivity index (χ2n) is 6.32. The molecule has 0 fully saturated rings. The van der Waals surface area contributed by atoms with Crippen molar-refractivity contribution in [2.75, 3.05) is 0 Å². The molecular weight excluding hydrogens is 461 g/mol. The highest BCUT2D eigenvalue weighted by Gasteiger charge is 2.23. The number of fused-ring (bicyclic) bond motifs is 1. The molecular formula is C22H12BrClFNO3. The quantitative estimate of drug-likeness (QED) is 0.366. The van der Waals surface area contributed by atoms with Crippen LogP contribution in [-0.2, 0) is 0 Å². The van der Waals surface area contributed by atoms with Crippen molar-refractivity contribution >= 4 is 44.8 Å². The molecule has 2 heterocycles. The SMILES string of the molecule is O=C(O)c1ccc(-c2cc(C(=O)c3c(Cl)cccc3Br)n3ccccc23)c(F)c1. The molecule has 0 unspecified atom stereocenters. The van der Waals surface area contributed by atoms with E-state index in [1.807, 2.05) is 0 Å². The van der Waals surface area contributed by atoms with Gasteiger partial charge < -0.3 is 9.51 Å². The van der Waals surface area contributed by atoms with Crippen molar-refractivity contribution in [1.29, 1.82) is 0 Å². The van der Waals surface area contributed by atoms with Gasteiger partial charge in [0.1, 0.15) is 5.82 Å². The van der Waals surface area contributed by atoms with E-state index in [-0.39, 0.29) is 16.9 Å². The van der Waals surface area contributed by atoms with Crippen LogP contribution in [-0.4, -0.2) is 21.3 Å². The van der Waals surface area contributed by atoms with E-state index in [0.29, 0.717) is 31.8 Å². The Labute approximate surface area is 178 Å². The first-order chi connectivity index (χ1) is 13.9. The third-order valence-corrected chi connectivity index (χ3v) is 5.58. The van der Waals surface area contributed by atoms with E-state index >= 15 is 0 Å². The number of carboxylic acids is 1. The van der Waals surface area contributed by atoms with E-state index < -0.39 is 11.8 Å². The lowest BCUT2D eigenvalue weighted by Gasteiger charge is -2.06. The Morgan fingerprint density at radius 2 is 1.79 bits per heavy atom. The topological polar surface area (TPSA) is 58.8 Å². The Bertz CT molecular complexity index is 1280. The smallest absolute Gasteiger partial charge is 0.335 e. The lowest BCUT2D eigenvalue weighted by atomic mass is 10.0. The molecule has 0 bridgehead atoms. The lowest BCUT2D eigenvalue weighted by Crippen LogP contribution is -2.06. The maximum atomic E-state index is 14.7. The van der Waals surface area contributed by atoms with Gasteiger partial charge in [-0.05, 0) is 58.4 Å². The molecule has 0 spiro atoms. The number of carboxylic acid groups (broad SMARTS) is 1. The Morgan fingerprint density at radius 1 is 1.00 bits per heavy atom. The third kappa shape index (κ3) is 3.34. The zero-order valence-corrected chi connectivity index (χ0v) is 17.0. The van der Waals surface area contributed by atoms with Crippen LogP contribution >= 0.6 is 27.5 Å². The molecule has 144 valence electrons. The van der Waals surface area contributed by atoms with Crippen LogP contribution in [0.2, 0.25) is 5.02 Å². The van der Waals surface area contributed by atoms with E-state index in [2.05, 4.69) is 15.9 Å². The van der Waals surface area contributed by atoms with Crippen molar-refractivity contribution < 1.29 is 19.1 Å². The summed E-state index contributed by atoms with van der Waals surface area (Å²) in [6, 6.07) is 15.7. The Balaban J connectivity index is 1.94. The van der Waals surface area contributed by atoms with Crippen molar-refractivity contribution in [3.63, 3.8) is 0 Å². The molecule has 29 heavy (non-hydrogen) atoms. The first-order valence-corrected chi connectivity index (χ1v) is 9.67. The highest BCUT2D eigenvalue weighted by atomic mass is 79.9. The largest absolute Gasteiger partial charge is 0.478 e. The number of ketones is 1. The van der Waals surface area contributed by atoms with Crippen molar-refractivity contribution in [2.45, 2.75) is 0 Å². The molecule has 0 aliphatic rings. The molecule has 0 aliphatic carbocycles. The van der Waals surface area contributed by atoms with Crippen LogP contribution in [0.1, 0.15) is 26.4 Å². The molecule has 0 atom stereocenters. The van der Waals surface area contributed by atoms with Crippen LogP contribution in [0.5, 0.6) is 0 Å². The zero-order chi connectivity index (χ0) is 20.7. The van der Waals surface area contributed by atoms with Gasteiger partial charge in [0.25, 0.3) is 0 Å². The summed E-state index contributed by atoms with van der Waals surface area (Å²) in [6.07, 6.45) is 1.71. The summed E-state index contributed by atoms with van der Waals surface area (Å²) in [7, 11) is 0. The summed E-state index contributed by atoms with van der Waals surface area (Å²) in [5, 5.41) is 9.36. The lowest BCUT2D eigenvalue weighted by molar-refractivity contribution is 0.0696. The normalized spacial score (nSPS) is 11.0.